The molecular formula is C30H30BrClF3N3O2. The first-order chi connectivity index (χ1) is 18.6. The average Bonchev–Trinajstić information content (AvgIpc) is 3.35. The van der Waals surface area contributed by atoms with E-state index in [2.05, 4.69) is 21.2 Å². The number of carbonyl (C=O) groups excluding carboxylic acids is 1. The lowest BCUT2D eigenvalue weighted by Gasteiger charge is -2.20. The molecule has 4 rings (SSSR count). The third-order valence-electron chi connectivity index (χ3n) is 6.28. The number of hydrogen-bond acceptors (Lipinski definition) is 3. The molecule has 0 unspecified atom stereocenters. The van der Waals surface area contributed by atoms with Gasteiger partial charge in [0.05, 0.1) is 35.3 Å². The average molecular weight is 637 g/mol. The monoisotopic (exact) mass is 635 g/mol. The van der Waals surface area contributed by atoms with Crippen LogP contribution in [0.2, 0.25) is 0 Å². The minimum absolute atomic E-state index is 0. The van der Waals surface area contributed by atoms with Crippen LogP contribution in [0.5, 0.6) is 5.75 Å². The van der Waals surface area contributed by atoms with Crippen LogP contribution in [-0.2, 0) is 6.18 Å². The maximum absolute atomic E-state index is 14.1. The van der Waals surface area contributed by atoms with Crippen LogP contribution in [0.3, 0.4) is 0 Å². The van der Waals surface area contributed by atoms with Gasteiger partial charge in [0, 0.05) is 16.6 Å². The number of halogens is 5. The van der Waals surface area contributed by atoms with Crippen molar-refractivity contribution in [1.29, 1.82) is 0 Å². The Hall–Kier alpha value is -3.27. The lowest BCUT2D eigenvalue weighted by Crippen LogP contribution is -2.27. The Labute approximate surface area is 246 Å². The van der Waals surface area contributed by atoms with Crippen molar-refractivity contribution >= 4 is 34.2 Å². The fraction of sp³-hybridized carbons (Fsp3) is 0.233. The first kappa shape index (κ1) is 31.3. The van der Waals surface area contributed by atoms with Gasteiger partial charge in [0.1, 0.15) is 5.75 Å². The first-order valence-corrected chi connectivity index (χ1v) is 13.1. The molecule has 0 aliphatic heterocycles. The number of nitrogens with zero attached hydrogens (tertiary/aromatic N) is 2. The summed E-state index contributed by atoms with van der Waals surface area (Å²) in [7, 11) is 5.40. The standard InChI is InChI=1S/C30H29BrF3N3O2.ClH/c1-36(2)18-6-17-35-29(38)23-14-11-21(19-28(23)39-3)26-16-15-25(20-9-12-22(31)13-10-20)37(26)27-8-5-4-7-24(27)30(32,33)34;/h4-5,7-16,19H,6,17-18H2,1-3H3,(H,35,38);1H. The second-order valence-electron chi connectivity index (χ2n) is 9.29. The summed E-state index contributed by atoms with van der Waals surface area (Å²) in [6, 6.07) is 21.5. The highest BCUT2D eigenvalue weighted by Crippen LogP contribution is 2.40. The van der Waals surface area contributed by atoms with Crippen LogP contribution in [0.15, 0.2) is 83.3 Å². The molecule has 0 saturated heterocycles. The lowest BCUT2D eigenvalue weighted by atomic mass is 10.1. The summed E-state index contributed by atoms with van der Waals surface area (Å²) in [5.74, 6) is 0.0603. The second kappa shape index (κ2) is 13.4. The predicted octanol–water partition coefficient (Wildman–Crippen LogP) is 7.70. The number of hydrogen-bond donors (Lipinski definition) is 1. The maximum Gasteiger partial charge on any atom is 0.418 e. The van der Waals surface area contributed by atoms with Gasteiger partial charge >= 0.3 is 6.18 Å². The van der Waals surface area contributed by atoms with Gasteiger partial charge in [-0.2, -0.15) is 13.2 Å². The van der Waals surface area contributed by atoms with Crippen molar-refractivity contribution in [2.45, 2.75) is 12.6 Å². The predicted molar refractivity (Wildman–Crippen MR) is 159 cm³/mol. The molecule has 4 aromatic rings. The number of amides is 1. The summed E-state index contributed by atoms with van der Waals surface area (Å²) < 4.78 is 50.3. The number of ether oxygens (including phenoxy) is 1. The van der Waals surface area contributed by atoms with Crippen LogP contribution in [0, 0.1) is 0 Å². The summed E-state index contributed by atoms with van der Waals surface area (Å²) in [6.45, 7) is 1.35. The van der Waals surface area contributed by atoms with Gasteiger partial charge < -0.3 is 19.5 Å². The largest absolute Gasteiger partial charge is 0.496 e. The molecule has 0 bridgehead atoms. The van der Waals surface area contributed by atoms with Crippen LogP contribution in [-0.4, -0.2) is 49.7 Å². The van der Waals surface area contributed by atoms with E-state index < -0.39 is 11.7 Å². The lowest BCUT2D eigenvalue weighted by molar-refractivity contribution is -0.137. The van der Waals surface area contributed by atoms with Crippen molar-refractivity contribution in [2.24, 2.45) is 0 Å². The zero-order valence-corrected chi connectivity index (χ0v) is 24.7. The highest BCUT2D eigenvalue weighted by Gasteiger charge is 2.34. The molecule has 0 fully saturated rings. The van der Waals surface area contributed by atoms with E-state index in [9.17, 15) is 18.0 Å². The number of benzene rings is 3. The van der Waals surface area contributed by atoms with Gasteiger partial charge in [0.25, 0.3) is 5.91 Å². The molecule has 1 N–H and O–H groups in total. The molecule has 0 aliphatic carbocycles. The van der Waals surface area contributed by atoms with E-state index >= 15 is 0 Å². The van der Waals surface area contributed by atoms with Gasteiger partial charge in [-0.3, -0.25) is 4.79 Å². The van der Waals surface area contributed by atoms with Crippen LogP contribution >= 0.6 is 28.3 Å². The molecule has 0 saturated carbocycles. The van der Waals surface area contributed by atoms with Gasteiger partial charge in [-0.15, -0.1) is 12.4 Å². The quantitative estimate of drug-likeness (QED) is 0.192. The summed E-state index contributed by atoms with van der Waals surface area (Å²) >= 11 is 3.42. The fourth-order valence-electron chi connectivity index (χ4n) is 4.41. The Bertz CT molecular complexity index is 1450. The maximum atomic E-state index is 14.1. The van der Waals surface area contributed by atoms with E-state index in [4.69, 9.17) is 4.74 Å². The summed E-state index contributed by atoms with van der Waals surface area (Å²) in [4.78, 5) is 14.9. The van der Waals surface area contributed by atoms with Crippen LogP contribution in [0.4, 0.5) is 13.2 Å². The van der Waals surface area contributed by atoms with E-state index in [0.717, 1.165) is 29.1 Å². The first-order valence-electron chi connectivity index (χ1n) is 12.4. The Balaban J connectivity index is 0.00000441. The Morgan fingerprint density at radius 1 is 0.950 bits per heavy atom. The number of carbonyl (C=O) groups is 1. The van der Waals surface area contributed by atoms with Crippen molar-refractivity contribution < 1.29 is 22.7 Å². The van der Waals surface area contributed by atoms with Crippen molar-refractivity contribution in [3.05, 3.63) is 94.5 Å². The van der Waals surface area contributed by atoms with Crippen molar-refractivity contribution in [1.82, 2.24) is 14.8 Å². The van der Waals surface area contributed by atoms with E-state index in [1.54, 1.807) is 41.0 Å². The van der Waals surface area contributed by atoms with Gasteiger partial charge in [0.15, 0.2) is 0 Å². The minimum Gasteiger partial charge on any atom is -0.496 e. The Morgan fingerprint density at radius 2 is 1.57 bits per heavy atom. The van der Waals surface area contributed by atoms with Crippen molar-refractivity contribution in [3.8, 4) is 34.0 Å². The van der Waals surface area contributed by atoms with Gasteiger partial charge in [-0.25, -0.2) is 0 Å². The molecule has 1 aromatic heterocycles. The fourth-order valence-corrected chi connectivity index (χ4v) is 4.67. The molecule has 5 nitrogen and oxygen atoms in total. The number of aromatic nitrogens is 1. The molecule has 1 heterocycles. The molecule has 10 heteroatoms. The van der Waals surface area contributed by atoms with E-state index in [1.807, 2.05) is 43.3 Å². The minimum atomic E-state index is -4.55. The Kier molecular flexibility index (Phi) is 10.5. The summed E-state index contributed by atoms with van der Waals surface area (Å²) in [5, 5.41) is 2.90. The van der Waals surface area contributed by atoms with E-state index in [1.165, 1.54) is 19.2 Å². The van der Waals surface area contributed by atoms with Crippen molar-refractivity contribution in [3.63, 3.8) is 0 Å². The molecule has 0 atom stereocenters. The van der Waals surface area contributed by atoms with E-state index in [0.29, 0.717) is 34.8 Å². The van der Waals surface area contributed by atoms with Crippen molar-refractivity contribution in [2.75, 3.05) is 34.3 Å². The van der Waals surface area contributed by atoms with Crippen LogP contribution < -0.4 is 10.1 Å². The molecular weight excluding hydrogens is 607 g/mol. The third-order valence-corrected chi connectivity index (χ3v) is 6.81. The molecule has 1 amide bonds. The highest BCUT2D eigenvalue weighted by atomic mass is 79.9. The van der Waals surface area contributed by atoms with Gasteiger partial charge in [-0.05, 0) is 81.2 Å². The molecule has 3 aromatic carbocycles. The normalized spacial score (nSPS) is 11.3. The Morgan fingerprint density at radius 3 is 2.20 bits per heavy atom. The second-order valence-corrected chi connectivity index (χ2v) is 10.2. The topological polar surface area (TPSA) is 46.5 Å². The van der Waals surface area contributed by atoms with Gasteiger partial charge in [-0.1, -0.05) is 46.3 Å². The smallest absolute Gasteiger partial charge is 0.418 e. The zero-order chi connectivity index (χ0) is 28.2. The summed E-state index contributed by atoms with van der Waals surface area (Å²) in [6.07, 6.45) is -3.76. The molecule has 0 aliphatic rings. The number of rotatable bonds is 9. The number of para-hydroxylation sites is 1. The van der Waals surface area contributed by atoms with E-state index in [-0.39, 0.29) is 24.0 Å². The molecule has 40 heavy (non-hydrogen) atoms. The number of nitrogens with one attached hydrogen (secondary N) is 1. The summed E-state index contributed by atoms with van der Waals surface area (Å²) in [5.41, 5.74) is 2.09. The molecule has 0 spiro atoms. The number of alkyl halides is 3. The number of methoxy groups -OCH3 is 1. The SMILES string of the molecule is COc1cc(-c2ccc(-c3ccc(Br)cc3)n2-c2ccccc2C(F)(F)F)ccc1C(=O)NCCCN(C)C.Cl. The molecule has 212 valence electrons. The molecule has 0 radical (unpaired) electrons. The van der Waals surface area contributed by atoms with Crippen LogP contribution in [0.25, 0.3) is 28.2 Å². The highest BCUT2D eigenvalue weighted by molar-refractivity contribution is 9.10. The third kappa shape index (κ3) is 7.08. The van der Waals surface area contributed by atoms with Crippen LogP contribution in [0.1, 0.15) is 22.3 Å². The zero-order valence-electron chi connectivity index (χ0n) is 22.3. The van der Waals surface area contributed by atoms with Gasteiger partial charge in [0.2, 0.25) is 0 Å².